The highest BCUT2D eigenvalue weighted by atomic mass is 15.2. The summed E-state index contributed by atoms with van der Waals surface area (Å²) in [6.45, 7) is 0. The lowest BCUT2D eigenvalue weighted by atomic mass is 11.3. The number of hydrogen-bond donors (Lipinski definition) is 1. The quantitative estimate of drug-likeness (QED) is 0.459. The van der Waals surface area contributed by atoms with E-state index < -0.39 is 0 Å². The maximum absolute atomic E-state index is 6.62. The molecule has 0 aliphatic heterocycles. The lowest BCUT2D eigenvalue weighted by Gasteiger charge is -1.46. The average molecular weight is 70.1 g/mol. The van der Waals surface area contributed by atoms with Crippen LogP contribution in [-0.4, -0.2) is 15.2 Å². The van der Waals surface area contributed by atoms with E-state index in [1.165, 1.54) is 12.7 Å². The molecule has 0 bridgehead atoms. The molecule has 1 rings (SSSR count). The molecule has 0 unspecified atom stereocenters. The van der Waals surface area contributed by atoms with Crippen molar-refractivity contribution in [1.82, 2.24) is 15.2 Å². The number of hydrogen-bond acceptors (Lipinski definition) is 2. The zero-order chi connectivity index (χ0) is 4.41. The van der Waals surface area contributed by atoms with Gasteiger partial charge < -0.3 is 0 Å². The van der Waals surface area contributed by atoms with Gasteiger partial charge in [0, 0.05) is 0 Å². The van der Waals surface area contributed by atoms with E-state index >= 15 is 0 Å². The van der Waals surface area contributed by atoms with Crippen LogP contribution >= 0.6 is 0 Å². The minimum Gasteiger partial charge on any atom is -0.266 e. The van der Waals surface area contributed by atoms with Gasteiger partial charge >= 0.3 is 0 Å². The van der Waals surface area contributed by atoms with Crippen LogP contribution < -0.4 is 0 Å². The third-order valence-electron chi connectivity index (χ3n) is 0.303. The predicted molar refractivity (Wildman–Crippen MR) is 16.4 cm³/mol. The highest BCUT2D eigenvalue weighted by Crippen LogP contribution is 1.53. The van der Waals surface area contributed by atoms with Crippen molar-refractivity contribution in [1.29, 1.82) is 0 Å². The van der Waals surface area contributed by atoms with Crippen molar-refractivity contribution in [2.24, 2.45) is 0 Å². The van der Waals surface area contributed by atoms with E-state index in [1.54, 1.807) is 0 Å². The van der Waals surface area contributed by atoms with Crippen molar-refractivity contribution in [3.8, 4) is 0 Å². The van der Waals surface area contributed by atoms with Crippen LogP contribution in [0.15, 0.2) is 12.7 Å². The fourth-order valence-corrected chi connectivity index (χ4v) is 0.149. The molecule has 0 saturated carbocycles. The Kier molecular flexibility index (Phi) is 0.259. The Morgan fingerprint density at radius 2 is 3.00 bits per heavy atom. The summed E-state index contributed by atoms with van der Waals surface area (Å²) < 4.78 is 6.62. The van der Waals surface area contributed by atoms with Gasteiger partial charge in [0.2, 0.25) is 0 Å². The first kappa shape index (κ1) is 1.55. The van der Waals surface area contributed by atoms with Crippen LogP contribution in [0, 0.1) is 0 Å². The third kappa shape index (κ3) is 0.238. The summed E-state index contributed by atoms with van der Waals surface area (Å²) in [7, 11) is 0. The normalized spacial score (nSPS) is 10.8. The van der Waals surface area contributed by atoms with Crippen molar-refractivity contribution < 1.29 is 1.41 Å². The molecular weight excluding hydrogens is 66.0 g/mol. The summed E-state index contributed by atoms with van der Waals surface area (Å²) in [6, 6.07) is 0. The SMILES string of the molecule is [2H]n1cncn1. The first-order valence-corrected chi connectivity index (χ1v) is 1.23. The molecule has 0 radical (unpaired) electrons. The molecule has 0 spiro atoms. The Hall–Kier alpha value is -0.860. The third-order valence-corrected chi connectivity index (χ3v) is 0.303. The van der Waals surface area contributed by atoms with Crippen LogP contribution in [-0.2, 0) is 0 Å². The zero-order valence-electron chi connectivity index (χ0n) is 3.50. The van der Waals surface area contributed by atoms with Crippen molar-refractivity contribution in [3.05, 3.63) is 12.7 Å². The number of nitrogens with one attached hydrogen (secondary N) is 1. The largest absolute Gasteiger partial charge is 0.266 e. The second-order valence-corrected chi connectivity index (χ2v) is 0.611. The van der Waals surface area contributed by atoms with Crippen molar-refractivity contribution in [2.75, 3.05) is 0 Å². The Bertz CT molecular complexity index is 112. The first-order chi connectivity index (χ1) is 2.89. The monoisotopic (exact) mass is 70.0 g/mol. The molecule has 5 heavy (non-hydrogen) atoms. The lowest BCUT2D eigenvalue weighted by Crippen LogP contribution is -1.53. The summed E-state index contributed by atoms with van der Waals surface area (Å²) in [4.78, 5) is 3.49. The number of aromatic amines is 1. The molecule has 1 heterocycles. The van der Waals surface area contributed by atoms with Crippen LogP contribution in [0.5, 0.6) is 0 Å². The van der Waals surface area contributed by atoms with Crippen molar-refractivity contribution in [2.45, 2.75) is 0 Å². The van der Waals surface area contributed by atoms with E-state index in [0.717, 1.165) is 5.09 Å². The Morgan fingerprint density at radius 3 is 3.20 bits per heavy atom. The fraction of sp³-hybridized carbons (Fsp3) is 0. The predicted octanol–water partition coefficient (Wildman–Crippen LogP) is -0.195. The number of aromatic nitrogens is 3. The van der Waals surface area contributed by atoms with E-state index in [0.29, 0.717) is 0 Å². The molecule has 3 nitrogen and oxygen atoms in total. The number of rotatable bonds is 0. The molecule has 0 aromatic carbocycles. The molecule has 0 aliphatic rings. The summed E-state index contributed by atoms with van der Waals surface area (Å²) in [5.41, 5.74) is 0. The van der Waals surface area contributed by atoms with E-state index in [1.807, 2.05) is 0 Å². The van der Waals surface area contributed by atoms with Gasteiger partial charge in [-0.05, 0) is 0 Å². The molecule has 0 atom stereocenters. The maximum atomic E-state index is 6.62. The van der Waals surface area contributed by atoms with Crippen LogP contribution in [0.2, 0.25) is 1.41 Å². The molecule has 1 aromatic heterocycles. The smallest absolute Gasteiger partial charge is 0.191 e. The molecule has 1 N–H and O–H groups in total. The van der Waals surface area contributed by atoms with Gasteiger partial charge in [-0.2, -0.15) is 5.10 Å². The minimum absolute atomic E-state index is 0.889. The number of H-pyrrole nitrogens is 1. The second-order valence-electron chi connectivity index (χ2n) is 0.611. The topological polar surface area (TPSA) is 41.6 Å². The van der Waals surface area contributed by atoms with Crippen molar-refractivity contribution >= 4 is 0 Å². The highest BCUT2D eigenvalue weighted by Gasteiger charge is 1.57. The standard InChI is InChI=1S/C2H3N3/c1-3-2-5-4-1/h1-2H,(H,3,4,5)/i/hD. The van der Waals surface area contributed by atoms with E-state index in [4.69, 9.17) is 1.41 Å². The van der Waals surface area contributed by atoms with Gasteiger partial charge in [-0.15, -0.1) is 0 Å². The summed E-state index contributed by atoms with van der Waals surface area (Å²) in [5.74, 6) is 0. The van der Waals surface area contributed by atoms with Gasteiger partial charge in [0.15, 0.2) is 1.41 Å². The molecular formula is C2H3N3. The van der Waals surface area contributed by atoms with Crippen LogP contribution in [0.25, 0.3) is 0 Å². The van der Waals surface area contributed by atoms with E-state index in [9.17, 15) is 0 Å². The van der Waals surface area contributed by atoms with Crippen LogP contribution in [0.3, 0.4) is 0 Å². The average Bonchev–Trinajstić information content (AvgIpc) is 1.86. The molecule has 0 aliphatic carbocycles. The van der Waals surface area contributed by atoms with Crippen LogP contribution in [0.1, 0.15) is 0 Å². The van der Waals surface area contributed by atoms with Gasteiger partial charge in [0.05, 0.1) is 0 Å². The Morgan fingerprint density at radius 1 is 2.00 bits per heavy atom. The maximum Gasteiger partial charge on any atom is 0.191 e. The Labute approximate surface area is 30.5 Å². The highest BCUT2D eigenvalue weighted by molar-refractivity contribution is 4.43. The molecule has 26 valence electrons. The fourth-order valence-electron chi connectivity index (χ4n) is 0.149. The molecule has 0 saturated heterocycles. The van der Waals surface area contributed by atoms with Gasteiger partial charge in [0.25, 0.3) is 0 Å². The van der Waals surface area contributed by atoms with E-state index in [-0.39, 0.29) is 0 Å². The molecule has 3 heteroatoms. The number of nitrogens with zero attached hydrogens (tertiary/aromatic N) is 2. The molecule has 0 fully saturated rings. The van der Waals surface area contributed by atoms with E-state index in [2.05, 4.69) is 10.1 Å². The van der Waals surface area contributed by atoms with Gasteiger partial charge in [0.1, 0.15) is 12.7 Å². The second kappa shape index (κ2) is 0.839. The van der Waals surface area contributed by atoms with Gasteiger partial charge in [-0.3, -0.25) is 5.09 Å². The molecule has 0 amide bonds. The minimum atomic E-state index is 0.889. The summed E-state index contributed by atoms with van der Waals surface area (Å²) in [6.07, 6.45) is 2.62. The van der Waals surface area contributed by atoms with Gasteiger partial charge in [-0.1, -0.05) is 0 Å². The first-order valence-electron chi connectivity index (χ1n) is 1.68. The van der Waals surface area contributed by atoms with Crippen LogP contribution in [0.4, 0.5) is 0 Å². The molecule has 1 aromatic rings. The Balaban J connectivity index is 3.05. The summed E-state index contributed by atoms with van der Waals surface area (Å²) in [5, 5.41) is 4.28. The lowest BCUT2D eigenvalue weighted by molar-refractivity contribution is 1.09. The summed E-state index contributed by atoms with van der Waals surface area (Å²) >= 11 is 0. The van der Waals surface area contributed by atoms with Gasteiger partial charge in [-0.25, -0.2) is 4.98 Å². The van der Waals surface area contributed by atoms with Crippen molar-refractivity contribution in [3.63, 3.8) is 0 Å². The zero-order valence-corrected chi connectivity index (χ0v) is 2.50.